The van der Waals surface area contributed by atoms with Crippen molar-refractivity contribution >= 4 is 22.6 Å². The molecule has 0 spiro atoms. The quantitative estimate of drug-likeness (QED) is 0.743. The second-order valence-electron chi connectivity index (χ2n) is 4.14. The van der Waals surface area contributed by atoms with Crippen LogP contribution in [0.1, 0.15) is 11.1 Å². The molecule has 3 rings (SSSR count). The normalized spacial score (nSPS) is 11.0. The topological polar surface area (TPSA) is 28.7 Å². The summed E-state index contributed by atoms with van der Waals surface area (Å²) in [5.74, 6) is -0.221. The van der Waals surface area contributed by atoms with Crippen molar-refractivity contribution in [3.8, 4) is 0 Å². The van der Waals surface area contributed by atoms with Gasteiger partial charge < -0.3 is 4.98 Å². The fraction of sp³-hybridized carbons (Fsp3) is 0.0714. The van der Waals surface area contributed by atoms with Gasteiger partial charge in [0.15, 0.2) is 0 Å². The van der Waals surface area contributed by atoms with Gasteiger partial charge in [0.25, 0.3) is 0 Å². The molecule has 18 heavy (non-hydrogen) atoms. The van der Waals surface area contributed by atoms with Gasteiger partial charge in [-0.25, -0.2) is 9.37 Å². The zero-order valence-electron chi connectivity index (χ0n) is 9.45. The Labute approximate surface area is 108 Å². The molecule has 0 amide bonds. The number of halogens is 2. The molecular formula is C14H10ClFN2. The number of aromatic amines is 1. The van der Waals surface area contributed by atoms with Crippen LogP contribution in [0.15, 0.2) is 42.5 Å². The SMILES string of the molecule is Fc1ccc(Cc2cccc3nc(Cl)[nH]c23)cc1. The Bertz CT molecular complexity index is 689. The maximum absolute atomic E-state index is 12.8. The molecule has 0 saturated heterocycles. The van der Waals surface area contributed by atoms with Crippen LogP contribution in [-0.4, -0.2) is 9.97 Å². The first-order valence-electron chi connectivity index (χ1n) is 5.60. The third-order valence-electron chi connectivity index (χ3n) is 2.88. The molecule has 3 aromatic rings. The van der Waals surface area contributed by atoms with Crippen molar-refractivity contribution < 1.29 is 4.39 Å². The summed E-state index contributed by atoms with van der Waals surface area (Å²) >= 11 is 5.86. The van der Waals surface area contributed by atoms with Crippen LogP contribution in [0.2, 0.25) is 5.28 Å². The number of imidazole rings is 1. The third kappa shape index (κ3) is 2.09. The number of fused-ring (bicyclic) bond motifs is 1. The Morgan fingerprint density at radius 2 is 1.89 bits per heavy atom. The Morgan fingerprint density at radius 1 is 1.11 bits per heavy atom. The smallest absolute Gasteiger partial charge is 0.201 e. The van der Waals surface area contributed by atoms with Gasteiger partial charge in [-0.2, -0.15) is 0 Å². The van der Waals surface area contributed by atoms with E-state index in [1.54, 1.807) is 12.1 Å². The van der Waals surface area contributed by atoms with Gasteiger partial charge in [0.05, 0.1) is 11.0 Å². The zero-order chi connectivity index (χ0) is 12.5. The van der Waals surface area contributed by atoms with Gasteiger partial charge in [-0.1, -0.05) is 24.3 Å². The summed E-state index contributed by atoms with van der Waals surface area (Å²) in [6, 6.07) is 12.4. The number of para-hydroxylation sites is 1. The molecule has 2 aromatic carbocycles. The average molecular weight is 261 g/mol. The monoisotopic (exact) mass is 260 g/mol. The van der Waals surface area contributed by atoms with Crippen molar-refractivity contribution in [3.05, 3.63) is 64.7 Å². The zero-order valence-corrected chi connectivity index (χ0v) is 10.2. The van der Waals surface area contributed by atoms with E-state index in [2.05, 4.69) is 9.97 Å². The molecule has 0 aliphatic rings. The first-order chi connectivity index (χ1) is 8.72. The van der Waals surface area contributed by atoms with Crippen LogP contribution >= 0.6 is 11.6 Å². The van der Waals surface area contributed by atoms with Crippen molar-refractivity contribution in [2.45, 2.75) is 6.42 Å². The van der Waals surface area contributed by atoms with Gasteiger partial charge >= 0.3 is 0 Å². The van der Waals surface area contributed by atoms with Gasteiger partial charge in [-0.15, -0.1) is 0 Å². The van der Waals surface area contributed by atoms with Crippen molar-refractivity contribution in [1.82, 2.24) is 9.97 Å². The van der Waals surface area contributed by atoms with E-state index in [4.69, 9.17) is 11.6 Å². The number of rotatable bonds is 2. The molecule has 0 unspecified atom stereocenters. The Hall–Kier alpha value is -1.87. The van der Waals surface area contributed by atoms with Crippen molar-refractivity contribution in [1.29, 1.82) is 0 Å². The Morgan fingerprint density at radius 3 is 2.67 bits per heavy atom. The summed E-state index contributed by atoms with van der Waals surface area (Å²) in [6.45, 7) is 0. The van der Waals surface area contributed by atoms with E-state index in [0.717, 1.165) is 28.6 Å². The van der Waals surface area contributed by atoms with Gasteiger partial charge in [0.2, 0.25) is 5.28 Å². The maximum Gasteiger partial charge on any atom is 0.201 e. The largest absolute Gasteiger partial charge is 0.328 e. The van der Waals surface area contributed by atoms with Crippen LogP contribution in [0.25, 0.3) is 11.0 Å². The van der Waals surface area contributed by atoms with Crippen LogP contribution in [0, 0.1) is 5.82 Å². The van der Waals surface area contributed by atoms with Crippen LogP contribution in [0.5, 0.6) is 0 Å². The van der Waals surface area contributed by atoms with Crippen molar-refractivity contribution in [2.75, 3.05) is 0 Å². The van der Waals surface area contributed by atoms with Crippen molar-refractivity contribution in [2.24, 2.45) is 0 Å². The molecule has 0 bridgehead atoms. The summed E-state index contributed by atoms with van der Waals surface area (Å²) in [4.78, 5) is 7.22. The highest BCUT2D eigenvalue weighted by molar-refractivity contribution is 6.29. The molecule has 4 heteroatoms. The predicted octanol–water partition coefficient (Wildman–Crippen LogP) is 3.95. The van der Waals surface area contributed by atoms with Gasteiger partial charge in [-0.3, -0.25) is 0 Å². The number of nitrogens with one attached hydrogen (secondary N) is 1. The van der Waals surface area contributed by atoms with Crippen LogP contribution in [0.4, 0.5) is 4.39 Å². The second kappa shape index (κ2) is 4.42. The number of aromatic nitrogens is 2. The van der Waals surface area contributed by atoms with E-state index in [9.17, 15) is 4.39 Å². The predicted molar refractivity (Wildman–Crippen MR) is 70.3 cm³/mol. The second-order valence-corrected chi connectivity index (χ2v) is 4.50. The van der Waals surface area contributed by atoms with Crippen LogP contribution < -0.4 is 0 Å². The lowest BCUT2D eigenvalue weighted by Gasteiger charge is -2.03. The lowest BCUT2D eigenvalue weighted by molar-refractivity contribution is 0.627. The van der Waals surface area contributed by atoms with Crippen molar-refractivity contribution in [3.63, 3.8) is 0 Å². The molecule has 1 N–H and O–H groups in total. The first-order valence-corrected chi connectivity index (χ1v) is 5.98. The number of hydrogen-bond acceptors (Lipinski definition) is 1. The minimum absolute atomic E-state index is 0.221. The molecule has 0 atom stereocenters. The molecule has 0 aliphatic carbocycles. The molecular weight excluding hydrogens is 251 g/mol. The molecule has 0 fully saturated rings. The fourth-order valence-electron chi connectivity index (χ4n) is 2.03. The lowest BCUT2D eigenvalue weighted by atomic mass is 10.0. The summed E-state index contributed by atoms with van der Waals surface area (Å²) in [5.41, 5.74) is 3.93. The van der Waals surface area contributed by atoms with E-state index in [1.165, 1.54) is 12.1 Å². The highest BCUT2D eigenvalue weighted by Crippen LogP contribution is 2.21. The number of benzene rings is 2. The fourth-order valence-corrected chi connectivity index (χ4v) is 2.22. The standard InChI is InChI=1S/C14H10ClFN2/c15-14-17-12-3-1-2-10(13(12)18-14)8-9-4-6-11(16)7-5-9/h1-7H,8H2,(H,17,18). The molecule has 0 radical (unpaired) electrons. The number of nitrogens with zero attached hydrogens (tertiary/aromatic N) is 1. The van der Waals surface area contributed by atoms with Crippen LogP contribution in [0.3, 0.4) is 0 Å². The van der Waals surface area contributed by atoms with Crippen LogP contribution in [-0.2, 0) is 6.42 Å². The maximum atomic E-state index is 12.8. The highest BCUT2D eigenvalue weighted by Gasteiger charge is 2.06. The number of H-pyrrole nitrogens is 1. The molecule has 0 aliphatic heterocycles. The minimum atomic E-state index is -0.221. The third-order valence-corrected chi connectivity index (χ3v) is 3.06. The number of hydrogen-bond donors (Lipinski definition) is 1. The van der Waals surface area contributed by atoms with Gasteiger partial charge in [0.1, 0.15) is 5.82 Å². The summed E-state index contributed by atoms with van der Waals surface area (Å²) in [7, 11) is 0. The molecule has 1 aromatic heterocycles. The molecule has 2 nitrogen and oxygen atoms in total. The lowest BCUT2D eigenvalue weighted by Crippen LogP contribution is -1.90. The van der Waals surface area contributed by atoms with Gasteiger partial charge in [-0.05, 0) is 47.3 Å². The summed E-state index contributed by atoms with van der Waals surface area (Å²) in [5, 5.41) is 0.386. The summed E-state index contributed by atoms with van der Waals surface area (Å²) < 4.78 is 12.8. The van der Waals surface area contributed by atoms with E-state index in [-0.39, 0.29) is 5.82 Å². The summed E-state index contributed by atoms with van der Waals surface area (Å²) in [6.07, 6.45) is 0.718. The highest BCUT2D eigenvalue weighted by atomic mass is 35.5. The van der Waals surface area contributed by atoms with E-state index < -0.39 is 0 Å². The molecule has 1 heterocycles. The Balaban J connectivity index is 2.01. The van der Waals surface area contributed by atoms with Gasteiger partial charge in [0, 0.05) is 0 Å². The first kappa shape index (κ1) is 11.2. The van der Waals surface area contributed by atoms with E-state index >= 15 is 0 Å². The average Bonchev–Trinajstić information content (AvgIpc) is 2.73. The van der Waals surface area contributed by atoms with E-state index in [0.29, 0.717) is 5.28 Å². The minimum Gasteiger partial charge on any atom is -0.328 e. The molecule has 90 valence electrons. The van der Waals surface area contributed by atoms with E-state index in [1.807, 2.05) is 18.2 Å². The molecule has 0 saturated carbocycles. The Kier molecular flexibility index (Phi) is 2.76.